The van der Waals surface area contributed by atoms with Crippen molar-refractivity contribution in [3.63, 3.8) is 0 Å². The quantitative estimate of drug-likeness (QED) is 0.278. The van der Waals surface area contributed by atoms with Crippen LogP contribution in [0.3, 0.4) is 0 Å². The summed E-state index contributed by atoms with van der Waals surface area (Å²) in [5, 5.41) is 8.65. The second-order valence-electron chi connectivity index (χ2n) is 2.75. The molecule has 1 aromatic rings. The topological polar surface area (TPSA) is 111 Å². The van der Waals surface area contributed by atoms with E-state index in [9.17, 15) is 4.79 Å². The van der Waals surface area contributed by atoms with Crippen LogP contribution in [-0.4, -0.2) is 11.1 Å². The Morgan fingerprint density at radius 3 is 2.69 bits per heavy atom. The van der Waals surface area contributed by atoms with Crippen LogP contribution in [0.1, 0.15) is 0 Å². The highest BCUT2D eigenvalue weighted by atomic mass is 79.9. The van der Waals surface area contributed by atoms with Crippen LogP contribution in [0.4, 0.5) is 0 Å². The average Bonchev–Trinajstić information content (AvgIpc) is 2.25. The summed E-state index contributed by atoms with van der Waals surface area (Å²) in [7, 11) is 0. The van der Waals surface area contributed by atoms with Gasteiger partial charge < -0.3 is 15.6 Å². The fraction of sp³-hybridized carbons (Fsp3) is 0. The average molecular weight is 288 g/mol. The normalized spacial score (nSPS) is 11.6. The standard InChI is InChI=1S/C9H10BrN3O3/c10-5-2-1-3-6(4-5)16-8(13-12)7(11)9(14)15/h1-4,13H,11-12H2,(H,14,15)/b8-7+. The van der Waals surface area contributed by atoms with Crippen molar-refractivity contribution in [2.75, 3.05) is 0 Å². The largest absolute Gasteiger partial charge is 0.476 e. The lowest BCUT2D eigenvalue weighted by molar-refractivity contribution is -0.132. The molecule has 0 aliphatic rings. The minimum atomic E-state index is -1.32. The maximum Gasteiger partial charge on any atom is 0.357 e. The molecule has 0 aliphatic carbocycles. The Morgan fingerprint density at radius 1 is 1.50 bits per heavy atom. The fourth-order valence-corrected chi connectivity index (χ4v) is 1.29. The first-order chi connectivity index (χ1) is 7.54. The molecule has 0 saturated carbocycles. The first-order valence-corrected chi connectivity index (χ1v) is 4.97. The van der Waals surface area contributed by atoms with Crippen molar-refractivity contribution in [2.24, 2.45) is 11.6 Å². The van der Waals surface area contributed by atoms with Gasteiger partial charge in [-0.3, -0.25) is 5.43 Å². The van der Waals surface area contributed by atoms with Gasteiger partial charge in [-0.15, -0.1) is 0 Å². The Balaban J connectivity index is 2.94. The lowest BCUT2D eigenvalue weighted by Gasteiger charge is -2.10. The lowest BCUT2D eigenvalue weighted by Crippen LogP contribution is -2.31. The number of carboxylic acids is 1. The third-order valence-electron chi connectivity index (χ3n) is 1.62. The van der Waals surface area contributed by atoms with Crippen LogP contribution in [0, 0.1) is 0 Å². The van der Waals surface area contributed by atoms with E-state index in [-0.39, 0.29) is 5.88 Å². The summed E-state index contributed by atoms with van der Waals surface area (Å²) in [6.07, 6.45) is 0. The molecule has 7 heteroatoms. The van der Waals surface area contributed by atoms with Crippen LogP contribution >= 0.6 is 15.9 Å². The zero-order chi connectivity index (χ0) is 12.1. The number of ether oxygens (including phenoxy) is 1. The molecule has 0 aliphatic heterocycles. The molecule has 0 bridgehead atoms. The van der Waals surface area contributed by atoms with Crippen molar-refractivity contribution in [3.8, 4) is 5.75 Å². The van der Waals surface area contributed by atoms with Gasteiger partial charge in [-0.25, -0.2) is 10.6 Å². The number of aliphatic carboxylic acids is 1. The van der Waals surface area contributed by atoms with Gasteiger partial charge in [0.15, 0.2) is 5.70 Å². The summed E-state index contributed by atoms with van der Waals surface area (Å²) in [5.74, 6) is 3.98. The molecule has 16 heavy (non-hydrogen) atoms. The molecule has 0 amide bonds. The van der Waals surface area contributed by atoms with Crippen LogP contribution < -0.4 is 21.7 Å². The number of nitrogens with one attached hydrogen (secondary N) is 1. The molecule has 0 heterocycles. The smallest absolute Gasteiger partial charge is 0.357 e. The number of hydrazine groups is 1. The predicted molar refractivity (Wildman–Crippen MR) is 60.9 cm³/mol. The third kappa shape index (κ3) is 3.14. The Bertz CT molecular complexity index is 434. The van der Waals surface area contributed by atoms with Gasteiger partial charge in [0.05, 0.1) is 0 Å². The highest BCUT2D eigenvalue weighted by Gasteiger charge is 2.11. The van der Waals surface area contributed by atoms with Gasteiger partial charge in [0.25, 0.3) is 0 Å². The third-order valence-corrected chi connectivity index (χ3v) is 2.12. The van der Waals surface area contributed by atoms with E-state index in [2.05, 4.69) is 21.4 Å². The summed E-state index contributed by atoms with van der Waals surface area (Å²) in [4.78, 5) is 10.6. The highest BCUT2D eigenvalue weighted by Crippen LogP contribution is 2.19. The molecule has 0 unspecified atom stereocenters. The fourth-order valence-electron chi connectivity index (χ4n) is 0.908. The number of hydrogen-bond acceptors (Lipinski definition) is 5. The minimum Gasteiger partial charge on any atom is -0.476 e. The summed E-state index contributed by atoms with van der Waals surface area (Å²) >= 11 is 3.24. The molecule has 6 N–H and O–H groups in total. The van der Waals surface area contributed by atoms with Crippen molar-refractivity contribution < 1.29 is 14.6 Å². The van der Waals surface area contributed by atoms with Gasteiger partial charge >= 0.3 is 5.97 Å². The van der Waals surface area contributed by atoms with Crippen LogP contribution in [0.15, 0.2) is 40.3 Å². The van der Waals surface area contributed by atoms with Crippen LogP contribution in [-0.2, 0) is 4.79 Å². The van der Waals surface area contributed by atoms with E-state index in [4.69, 9.17) is 21.4 Å². The van der Waals surface area contributed by atoms with Crippen molar-refractivity contribution in [1.82, 2.24) is 5.43 Å². The molecule has 0 spiro atoms. The van der Waals surface area contributed by atoms with Gasteiger partial charge in [0.1, 0.15) is 5.75 Å². The summed E-state index contributed by atoms with van der Waals surface area (Å²) in [6.45, 7) is 0. The molecule has 0 radical (unpaired) electrons. The first-order valence-electron chi connectivity index (χ1n) is 4.17. The molecule has 0 atom stereocenters. The number of rotatable bonds is 4. The Kier molecular flexibility index (Phi) is 4.15. The minimum absolute atomic E-state index is 0.217. The lowest BCUT2D eigenvalue weighted by atomic mass is 10.3. The SMILES string of the molecule is NN/C(Oc1cccc(Br)c1)=C(\N)C(=O)O. The molecular weight excluding hydrogens is 278 g/mol. The molecule has 0 aromatic heterocycles. The predicted octanol–water partition coefficient (Wildman–Crippen LogP) is 0.504. The number of carbonyl (C=O) groups is 1. The van der Waals surface area contributed by atoms with Gasteiger partial charge in [0.2, 0.25) is 5.88 Å². The number of hydrogen-bond donors (Lipinski definition) is 4. The monoisotopic (exact) mass is 287 g/mol. The van der Waals surface area contributed by atoms with Crippen molar-refractivity contribution in [1.29, 1.82) is 0 Å². The molecule has 1 aromatic carbocycles. The van der Waals surface area contributed by atoms with E-state index in [0.29, 0.717) is 5.75 Å². The Hall–Kier alpha value is -1.73. The van der Waals surface area contributed by atoms with Crippen molar-refractivity contribution >= 4 is 21.9 Å². The molecule has 6 nitrogen and oxygen atoms in total. The summed E-state index contributed by atoms with van der Waals surface area (Å²) in [6, 6.07) is 6.81. The first kappa shape index (κ1) is 12.3. The summed E-state index contributed by atoms with van der Waals surface area (Å²) < 4.78 is 5.96. The number of halogens is 1. The number of carboxylic acid groups (broad SMARTS) is 1. The van der Waals surface area contributed by atoms with E-state index in [1.807, 2.05) is 0 Å². The number of nitrogens with two attached hydrogens (primary N) is 2. The van der Waals surface area contributed by atoms with Gasteiger partial charge in [-0.05, 0) is 18.2 Å². The Labute approximate surface area is 100.0 Å². The van der Waals surface area contributed by atoms with Crippen LogP contribution in [0.25, 0.3) is 0 Å². The molecule has 0 saturated heterocycles. The number of benzene rings is 1. The van der Waals surface area contributed by atoms with E-state index in [1.54, 1.807) is 24.3 Å². The molecule has 0 fully saturated rings. The second-order valence-corrected chi connectivity index (χ2v) is 3.67. The van der Waals surface area contributed by atoms with E-state index < -0.39 is 11.7 Å². The molecular formula is C9H10BrN3O3. The maximum atomic E-state index is 10.6. The van der Waals surface area contributed by atoms with Gasteiger partial charge in [-0.2, -0.15) is 0 Å². The van der Waals surface area contributed by atoms with E-state index in [0.717, 1.165) is 4.47 Å². The molecule has 1 rings (SSSR count). The second kappa shape index (κ2) is 5.38. The summed E-state index contributed by atoms with van der Waals surface area (Å²) in [5.41, 5.74) is 6.85. The van der Waals surface area contributed by atoms with Gasteiger partial charge in [-0.1, -0.05) is 22.0 Å². The highest BCUT2D eigenvalue weighted by molar-refractivity contribution is 9.10. The van der Waals surface area contributed by atoms with Crippen LogP contribution in [0.5, 0.6) is 5.75 Å². The molecule has 86 valence electrons. The maximum absolute atomic E-state index is 10.6. The Morgan fingerprint density at radius 2 is 2.19 bits per heavy atom. The van der Waals surface area contributed by atoms with E-state index in [1.165, 1.54) is 0 Å². The zero-order valence-corrected chi connectivity index (χ0v) is 9.69. The van der Waals surface area contributed by atoms with Gasteiger partial charge in [0, 0.05) is 4.47 Å². The van der Waals surface area contributed by atoms with Crippen molar-refractivity contribution in [3.05, 3.63) is 40.3 Å². The van der Waals surface area contributed by atoms with E-state index >= 15 is 0 Å². The van der Waals surface area contributed by atoms with Crippen molar-refractivity contribution in [2.45, 2.75) is 0 Å². The van der Waals surface area contributed by atoms with Crippen LogP contribution in [0.2, 0.25) is 0 Å². The zero-order valence-electron chi connectivity index (χ0n) is 8.11.